The number of carbonyl (C=O) groups is 1. The lowest BCUT2D eigenvalue weighted by Gasteiger charge is -2.52. The minimum absolute atomic E-state index is 0.0524. The Kier molecular flexibility index (Phi) is 8.76. The van der Waals surface area contributed by atoms with Crippen LogP contribution in [0.1, 0.15) is 58.7 Å². The highest BCUT2D eigenvalue weighted by molar-refractivity contribution is 5.80. The monoisotopic (exact) mass is 651 g/mol. The summed E-state index contributed by atoms with van der Waals surface area (Å²) in [6.45, 7) is 11.4. The number of rotatable bonds is 3. The zero-order valence-electron chi connectivity index (χ0n) is 28.5. The number of aryl methyl sites for hydroxylation is 1. The molecule has 9 heteroatoms. The number of aliphatic hydroxyl groups is 1. The second-order valence-electron chi connectivity index (χ2n) is 13.7. The summed E-state index contributed by atoms with van der Waals surface area (Å²) in [5, 5.41) is 13.5. The smallest absolute Gasteiger partial charge is 0.310 e. The molecule has 3 atom stereocenters. The van der Waals surface area contributed by atoms with Crippen LogP contribution in [-0.2, 0) is 16.0 Å². The van der Waals surface area contributed by atoms with E-state index in [-0.39, 0.29) is 30.2 Å². The predicted octanol–water partition coefficient (Wildman–Crippen LogP) is 8.00. The third-order valence-corrected chi connectivity index (χ3v) is 9.13. The summed E-state index contributed by atoms with van der Waals surface area (Å²) in [5.74, 6) is 0.631. The Morgan fingerprint density at radius 1 is 1.06 bits per heavy atom. The van der Waals surface area contributed by atoms with Crippen LogP contribution in [0.5, 0.6) is 11.5 Å². The van der Waals surface area contributed by atoms with Gasteiger partial charge in [0.2, 0.25) is 0 Å². The van der Waals surface area contributed by atoms with E-state index in [9.17, 15) is 9.18 Å². The van der Waals surface area contributed by atoms with Crippen molar-refractivity contribution in [2.24, 2.45) is 5.92 Å². The molecule has 48 heavy (non-hydrogen) atoms. The van der Waals surface area contributed by atoms with Gasteiger partial charge in [0, 0.05) is 52.4 Å². The standard InChI is InChI=1S/C35H32FN3O4.C4H10O/c1-5-35-19-31(20(35)2)42-26-12-9-22(10-13-26)34-28(17-33(40)41-4)21(3)37-32-18-29(38-39(32)34)24-8-6-7-23(15-24)27-14-11-25(36)16-30(27)43-35;1-4(2,3)5/h6-16,18,20,31H,5,17,19H2,1-4H3;5H,1-3H3. The zero-order valence-corrected chi connectivity index (χ0v) is 28.5. The number of halogens is 1. The van der Waals surface area contributed by atoms with Crippen LogP contribution < -0.4 is 9.47 Å². The summed E-state index contributed by atoms with van der Waals surface area (Å²) >= 11 is 0. The molecule has 250 valence electrons. The van der Waals surface area contributed by atoms with Crippen molar-refractivity contribution in [2.75, 3.05) is 7.11 Å². The van der Waals surface area contributed by atoms with Gasteiger partial charge < -0.3 is 19.3 Å². The van der Waals surface area contributed by atoms with E-state index in [4.69, 9.17) is 29.4 Å². The van der Waals surface area contributed by atoms with Gasteiger partial charge in [-0.25, -0.2) is 13.9 Å². The molecule has 5 aromatic rings. The summed E-state index contributed by atoms with van der Waals surface area (Å²) in [7, 11) is 1.38. The normalized spacial score (nSPS) is 19.5. The topological polar surface area (TPSA) is 95.2 Å². The van der Waals surface area contributed by atoms with E-state index in [2.05, 4.69) is 13.8 Å². The van der Waals surface area contributed by atoms with Gasteiger partial charge in [0.25, 0.3) is 0 Å². The van der Waals surface area contributed by atoms with Crippen molar-refractivity contribution >= 4 is 11.6 Å². The van der Waals surface area contributed by atoms with Crippen LogP contribution >= 0.6 is 0 Å². The van der Waals surface area contributed by atoms with Crippen LogP contribution in [0.25, 0.3) is 39.3 Å². The van der Waals surface area contributed by atoms with Crippen LogP contribution in [0.4, 0.5) is 4.39 Å². The minimum atomic E-state index is -0.500. The molecule has 1 aliphatic carbocycles. The van der Waals surface area contributed by atoms with Gasteiger partial charge in [0.1, 0.15) is 29.0 Å². The molecule has 0 radical (unpaired) electrons. The minimum Gasteiger partial charge on any atom is -0.490 e. The van der Waals surface area contributed by atoms with Gasteiger partial charge in [-0.2, -0.15) is 5.10 Å². The van der Waals surface area contributed by atoms with Gasteiger partial charge in [0.05, 0.1) is 30.5 Å². The summed E-state index contributed by atoms with van der Waals surface area (Å²) in [6.07, 6.45) is 1.46. The second-order valence-corrected chi connectivity index (χ2v) is 13.7. The van der Waals surface area contributed by atoms with E-state index < -0.39 is 11.2 Å². The highest BCUT2D eigenvalue weighted by Crippen LogP contribution is 2.48. The Morgan fingerprint density at radius 2 is 1.77 bits per heavy atom. The SMILES string of the molecule is CC(C)(C)O.CCC12CC(Oc3ccc(cc3)-c3c(CC(=O)OC)c(C)nc4cc(nn34)-c3cccc(c3)-c3ccc(F)cc3O1)C2C. The molecule has 3 aliphatic heterocycles. The molecule has 1 fully saturated rings. The number of carbonyl (C=O) groups excluding carboxylic acids is 1. The first-order valence-electron chi connectivity index (χ1n) is 16.3. The number of nitrogens with zero attached hydrogens (tertiary/aromatic N) is 3. The van der Waals surface area contributed by atoms with Crippen molar-refractivity contribution in [3.05, 3.63) is 89.9 Å². The number of ether oxygens (including phenoxy) is 3. The summed E-state index contributed by atoms with van der Waals surface area (Å²) in [5.41, 5.74) is 6.12. The van der Waals surface area contributed by atoms with Crippen LogP contribution in [-0.4, -0.2) is 50.1 Å². The Morgan fingerprint density at radius 3 is 2.44 bits per heavy atom. The molecular weight excluding hydrogens is 609 g/mol. The van der Waals surface area contributed by atoms with Gasteiger partial charge in [-0.15, -0.1) is 0 Å². The van der Waals surface area contributed by atoms with E-state index in [1.807, 2.05) is 61.5 Å². The number of aromatic nitrogens is 3. The predicted molar refractivity (Wildman–Crippen MR) is 184 cm³/mol. The molecule has 3 unspecified atom stereocenters. The molecule has 2 aromatic heterocycles. The largest absolute Gasteiger partial charge is 0.490 e. The first-order chi connectivity index (χ1) is 22.8. The fourth-order valence-electron chi connectivity index (χ4n) is 6.47. The number of methoxy groups -OCH3 is 1. The Labute approximate surface area is 280 Å². The number of hydrogen-bond acceptors (Lipinski definition) is 7. The summed E-state index contributed by atoms with van der Waals surface area (Å²) < 4.78 is 34.6. The van der Waals surface area contributed by atoms with Crippen LogP contribution in [0.3, 0.4) is 0 Å². The van der Waals surface area contributed by atoms with Crippen LogP contribution in [0.15, 0.2) is 72.8 Å². The average molecular weight is 652 g/mol. The Bertz CT molecular complexity index is 1970. The first-order valence-corrected chi connectivity index (χ1v) is 16.3. The molecular formula is C39H42FN3O5. The van der Waals surface area contributed by atoms with Crippen molar-refractivity contribution in [1.82, 2.24) is 14.6 Å². The second kappa shape index (κ2) is 12.7. The third kappa shape index (κ3) is 6.52. The summed E-state index contributed by atoms with van der Waals surface area (Å²) in [6, 6.07) is 22.5. The molecule has 3 aromatic carbocycles. The molecule has 1 saturated carbocycles. The van der Waals surface area contributed by atoms with E-state index in [0.29, 0.717) is 17.8 Å². The maximum absolute atomic E-state index is 14.6. The van der Waals surface area contributed by atoms with Crippen molar-refractivity contribution in [2.45, 2.75) is 78.1 Å². The Hall–Kier alpha value is -4.76. The number of fused-ring (bicyclic) bond motifs is 1. The van der Waals surface area contributed by atoms with Gasteiger partial charge >= 0.3 is 5.97 Å². The quantitative estimate of drug-likeness (QED) is 0.198. The highest BCUT2D eigenvalue weighted by atomic mass is 19.1. The Balaban J connectivity index is 0.000000749. The molecule has 0 amide bonds. The zero-order chi connectivity index (χ0) is 34.4. The molecule has 1 N–H and O–H groups in total. The lowest BCUT2D eigenvalue weighted by atomic mass is 9.66. The fraction of sp³-hybridized carbons (Fsp3) is 0.359. The van der Waals surface area contributed by atoms with Crippen molar-refractivity contribution in [3.8, 4) is 45.1 Å². The highest BCUT2D eigenvalue weighted by Gasteiger charge is 2.54. The lowest BCUT2D eigenvalue weighted by molar-refractivity contribution is -0.140. The van der Waals surface area contributed by atoms with E-state index >= 15 is 0 Å². The average Bonchev–Trinajstić information content (AvgIpc) is 3.47. The van der Waals surface area contributed by atoms with Gasteiger partial charge in [-0.05, 0) is 82.1 Å². The van der Waals surface area contributed by atoms with E-state index in [1.165, 1.54) is 19.2 Å². The molecule has 8 bridgehead atoms. The van der Waals surface area contributed by atoms with Crippen LogP contribution in [0, 0.1) is 18.7 Å². The molecule has 0 spiro atoms. The molecule has 9 rings (SSSR count). The van der Waals surface area contributed by atoms with Crippen molar-refractivity contribution in [3.63, 3.8) is 0 Å². The third-order valence-electron chi connectivity index (χ3n) is 9.13. The fourth-order valence-corrected chi connectivity index (χ4v) is 6.47. The molecule has 4 aliphatic rings. The maximum atomic E-state index is 14.6. The van der Waals surface area contributed by atoms with Crippen LogP contribution in [0.2, 0.25) is 0 Å². The van der Waals surface area contributed by atoms with E-state index in [1.54, 1.807) is 31.4 Å². The number of benzene rings is 3. The molecule has 8 nitrogen and oxygen atoms in total. The number of hydrogen-bond donors (Lipinski definition) is 1. The molecule has 0 saturated heterocycles. The number of esters is 1. The van der Waals surface area contributed by atoms with Gasteiger partial charge in [-0.1, -0.05) is 32.0 Å². The lowest BCUT2D eigenvalue weighted by Crippen LogP contribution is -2.61. The van der Waals surface area contributed by atoms with E-state index in [0.717, 1.165) is 57.1 Å². The molecule has 5 heterocycles. The maximum Gasteiger partial charge on any atom is 0.310 e. The summed E-state index contributed by atoms with van der Waals surface area (Å²) in [4.78, 5) is 17.3. The van der Waals surface area contributed by atoms with Crippen molar-refractivity contribution < 1.29 is 28.5 Å². The first kappa shape index (κ1) is 33.2. The van der Waals surface area contributed by atoms with Gasteiger partial charge in [0.15, 0.2) is 5.65 Å². The van der Waals surface area contributed by atoms with Gasteiger partial charge in [-0.3, -0.25) is 4.79 Å². The van der Waals surface area contributed by atoms with Crippen molar-refractivity contribution in [1.29, 1.82) is 0 Å².